The standard InChI is InChI=1S/C24H32O3/c1-4-5-12-27-17-7-9-18-16(13-17)6-8-20-19(18)10-11-24(3)22(20)14-21(15(2)25)23(24)26/h7,9,13,19-20,22,26H,4-6,8,10-12,14H2,1-3H3/t19?,20?,22?,24-/m0/s1. The number of allylic oxidation sites excluding steroid dienone is 2. The fourth-order valence-electron chi connectivity index (χ4n) is 5.95. The van der Waals surface area contributed by atoms with Crippen LogP contribution in [0, 0.1) is 17.3 Å². The second kappa shape index (κ2) is 7.00. The Morgan fingerprint density at radius 3 is 2.89 bits per heavy atom. The maximum Gasteiger partial charge on any atom is 0.159 e. The molecule has 0 saturated heterocycles. The van der Waals surface area contributed by atoms with Gasteiger partial charge in [-0.05, 0) is 86.5 Å². The monoisotopic (exact) mass is 368 g/mol. The van der Waals surface area contributed by atoms with E-state index in [0.29, 0.717) is 29.1 Å². The Hall–Kier alpha value is -1.77. The van der Waals surface area contributed by atoms with Gasteiger partial charge in [0.2, 0.25) is 0 Å². The molecule has 3 aliphatic carbocycles. The molecule has 4 rings (SSSR count). The third-order valence-electron chi connectivity index (χ3n) is 7.53. The van der Waals surface area contributed by atoms with Crippen LogP contribution in [-0.2, 0) is 11.2 Å². The summed E-state index contributed by atoms with van der Waals surface area (Å²) in [6.45, 7) is 6.75. The number of unbranched alkanes of at least 4 members (excludes halogenated alkanes) is 1. The van der Waals surface area contributed by atoms with Crippen LogP contribution >= 0.6 is 0 Å². The van der Waals surface area contributed by atoms with Crippen LogP contribution in [0.2, 0.25) is 0 Å². The summed E-state index contributed by atoms with van der Waals surface area (Å²) in [4.78, 5) is 12.0. The van der Waals surface area contributed by atoms with E-state index in [9.17, 15) is 9.90 Å². The van der Waals surface area contributed by atoms with Crippen molar-refractivity contribution in [2.24, 2.45) is 17.3 Å². The Morgan fingerprint density at radius 1 is 1.33 bits per heavy atom. The number of ketones is 1. The Morgan fingerprint density at radius 2 is 2.15 bits per heavy atom. The molecule has 0 aliphatic heterocycles. The molecule has 0 aromatic heterocycles. The minimum absolute atomic E-state index is 0.0461. The number of carbonyl (C=O) groups is 1. The number of carbonyl (C=O) groups excluding carboxylic acids is 1. The molecule has 0 amide bonds. The number of aliphatic hydroxyl groups is 1. The summed E-state index contributed by atoms with van der Waals surface area (Å²) in [7, 11) is 0. The highest BCUT2D eigenvalue weighted by Crippen LogP contribution is 2.62. The topological polar surface area (TPSA) is 46.5 Å². The maximum absolute atomic E-state index is 12.0. The lowest BCUT2D eigenvalue weighted by Crippen LogP contribution is -2.41. The summed E-state index contributed by atoms with van der Waals surface area (Å²) in [5.41, 5.74) is 3.40. The Labute approximate surface area is 162 Å². The van der Waals surface area contributed by atoms with Gasteiger partial charge in [-0.15, -0.1) is 0 Å². The third kappa shape index (κ3) is 2.99. The molecule has 1 aromatic rings. The molecule has 0 radical (unpaired) electrons. The first-order valence-electron chi connectivity index (χ1n) is 10.6. The van der Waals surface area contributed by atoms with Crippen LogP contribution in [0.1, 0.15) is 76.3 Å². The van der Waals surface area contributed by atoms with Crippen molar-refractivity contribution in [3.05, 3.63) is 40.7 Å². The minimum atomic E-state index is -0.205. The van der Waals surface area contributed by atoms with Crippen LogP contribution in [0.4, 0.5) is 0 Å². The number of aliphatic hydroxyl groups excluding tert-OH is 1. The van der Waals surface area contributed by atoms with E-state index < -0.39 is 0 Å². The van der Waals surface area contributed by atoms with E-state index in [4.69, 9.17) is 4.74 Å². The highest BCUT2D eigenvalue weighted by atomic mass is 16.5. The van der Waals surface area contributed by atoms with E-state index in [-0.39, 0.29) is 11.2 Å². The predicted octanol–water partition coefficient (Wildman–Crippen LogP) is 5.73. The average Bonchev–Trinajstić information content (AvgIpc) is 2.93. The quantitative estimate of drug-likeness (QED) is 0.675. The number of hydrogen-bond acceptors (Lipinski definition) is 3. The zero-order valence-electron chi connectivity index (χ0n) is 16.9. The summed E-state index contributed by atoms with van der Waals surface area (Å²) in [6.07, 6.45) is 7.28. The Balaban J connectivity index is 1.57. The van der Waals surface area contributed by atoms with Gasteiger partial charge in [-0.2, -0.15) is 0 Å². The Bertz CT molecular complexity index is 778. The van der Waals surface area contributed by atoms with Crippen molar-refractivity contribution in [3.63, 3.8) is 0 Å². The molecule has 3 aliphatic rings. The molecule has 3 heteroatoms. The van der Waals surface area contributed by atoms with E-state index in [0.717, 1.165) is 57.3 Å². The van der Waals surface area contributed by atoms with Gasteiger partial charge in [-0.1, -0.05) is 26.3 Å². The van der Waals surface area contributed by atoms with Gasteiger partial charge in [0.25, 0.3) is 0 Å². The molecule has 1 saturated carbocycles. The summed E-state index contributed by atoms with van der Waals surface area (Å²) in [5.74, 6) is 2.94. The van der Waals surface area contributed by atoms with E-state index in [1.54, 1.807) is 6.92 Å². The zero-order chi connectivity index (χ0) is 19.2. The van der Waals surface area contributed by atoms with E-state index in [1.807, 2.05) is 0 Å². The second-order valence-electron chi connectivity index (χ2n) is 9.02. The highest BCUT2D eigenvalue weighted by Gasteiger charge is 2.54. The van der Waals surface area contributed by atoms with Gasteiger partial charge in [-0.3, -0.25) is 4.79 Å². The lowest BCUT2D eigenvalue weighted by molar-refractivity contribution is -0.113. The smallest absolute Gasteiger partial charge is 0.159 e. The molecular formula is C24H32O3. The first-order chi connectivity index (χ1) is 13.0. The molecule has 4 atom stereocenters. The lowest BCUT2D eigenvalue weighted by atomic mass is 9.55. The van der Waals surface area contributed by atoms with Gasteiger partial charge < -0.3 is 9.84 Å². The van der Waals surface area contributed by atoms with Crippen molar-refractivity contribution in [3.8, 4) is 5.75 Å². The normalized spacial score (nSPS) is 31.9. The first-order valence-corrected chi connectivity index (χ1v) is 10.6. The van der Waals surface area contributed by atoms with Gasteiger partial charge in [0.1, 0.15) is 11.5 Å². The number of rotatable bonds is 5. The molecule has 0 bridgehead atoms. The molecule has 0 spiro atoms. The summed E-state index contributed by atoms with van der Waals surface area (Å²) >= 11 is 0. The number of aryl methyl sites for hydroxylation is 1. The Kier molecular flexibility index (Phi) is 4.82. The molecule has 3 unspecified atom stereocenters. The number of ether oxygens (including phenoxy) is 1. The van der Waals surface area contributed by atoms with Crippen molar-refractivity contribution in [1.82, 2.24) is 0 Å². The number of hydrogen-bond donors (Lipinski definition) is 1. The van der Waals surface area contributed by atoms with Crippen LogP contribution in [0.15, 0.2) is 29.5 Å². The van der Waals surface area contributed by atoms with Crippen LogP contribution in [0.5, 0.6) is 5.75 Å². The molecular weight excluding hydrogens is 336 g/mol. The molecule has 1 fully saturated rings. The fraction of sp³-hybridized carbons (Fsp3) is 0.625. The van der Waals surface area contributed by atoms with Crippen molar-refractivity contribution in [1.29, 1.82) is 0 Å². The van der Waals surface area contributed by atoms with Gasteiger partial charge in [-0.25, -0.2) is 0 Å². The van der Waals surface area contributed by atoms with Crippen LogP contribution in [-0.4, -0.2) is 17.5 Å². The summed E-state index contributed by atoms with van der Waals surface area (Å²) in [5, 5.41) is 10.8. The van der Waals surface area contributed by atoms with E-state index >= 15 is 0 Å². The molecule has 3 nitrogen and oxygen atoms in total. The summed E-state index contributed by atoms with van der Waals surface area (Å²) in [6, 6.07) is 6.67. The van der Waals surface area contributed by atoms with E-state index in [2.05, 4.69) is 32.0 Å². The van der Waals surface area contributed by atoms with Crippen molar-refractivity contribution < 1.29 is 14.6 Å². The maximum atomic E-state index is 12.0. The van der Waals surface area contributed by atoms with Gasteiger partial charge in [0.05, 0.1) is 6.61 Å². The minimum Gasteiger partial charge on any atom is -0.511 e. The second-order valence-corrected chi connectivity index (χ2v) is 9.02. The SMILES string of the molecule is CCCCOc1ccc2c(c1)CCC1C2CC[C@]2(C)C(O)=C(C(C)=O)CC12. The van der Waals surface area contributed by atoms with Crippen molar-refractivity contribution >= 4 is 5.78 Å². The molecule has 0 heterocycles. The number of benzene rings is 1. The largest absolute Gasteiger partial charge is 0.511 e. The molecule has 27 heavy (non-hydrogen) atoms. The van der Waals surface area contributed by atoms with E-state index in [1.165, 1.54) is 11.1 Å². The van der Waals surface area contributed by atoms with Crippen LogP contribution in [0.3, 0.4) is 0 Å². The summed E-state index contributed by atoms with van der Waals surface area (Å²) < 4.78 is 5.91. The van der Waals surface area contributed by atoms with Gasteiger partial charge in [0.15, 0.2) is 5.78 Å². The fourth-order valence-corrected chi connectivity index (χ4v) is 5.95. The molecule has 1 aromatic carbocycles. The van der Waals surface area contributed by atoms with Gasteiger partial charge in [0, 0.05) is 11.0 Å². The number of fused-ring (bicyclic) bond motifs is 5. The average molecular weight is 369 g/mol. The number of Topliss-reactive ketones (excluding diaryl/α,β-unsaturated/α-hetero) is 1. The van der Waals surface area contributed by atoms with Crippen molar-refractivity contribution in [2.45, 2.75) is 71.6 Å². The zero-order valence-corrected chi connectivity index (χ0v) is 16.9. The van der Waals surface area contributed by atoms with Crippen LogP contribution < -0.4 is 4.74 Å². The first kappa shape index (κ1) is 18.6. The van der Waals surface area contributed by atoms with Crippen molar-refractivity contribution in [2.75, 3.05) is 6.61 Å². The predicted molar refractivity (Wildman–Crippen MR) is 107 cm³/mol. The van der Waals surface area contributed by atoms with Gasteiger partial charge >= 0.3 is 0 Å². The molecule has 1 N–H and O–H groups in total. The third-order valence-corrected chi connectivity index (χ3v) is 7.53. The molecule has 146 valence electrons. The van der Waals surface area contributed by atoms with Crippen LogP contribution in [0.25, 0.3) is 0 Å². The highest BCUT2D eigenvalue weighted by molar-refractivity contribution is 5.94. The lowest BCUT2D eigenvalue weighted by Gasteiger charge is -2.49.